The monoisotopic (exact) mass is 453 g/mol. The number of aryl methyl sites for hydroxylation is 3. The molecule has 0 aliphatic heterocycles. The fourth-order valence-corrected chi connectivity index (χ4v) is 3.89. The minimum atomic E-state index is -0.621. The Balaban J connectivity index is 1.85. The number of halogens is 1. The Morgan fingerprint density at radius 2 is 1.82 bits per heavy atom. The predicted molar refractivity (Wildman–Crippen MR) is 125 cm³/mol. The van der Waals surface area contributed by atoms with Gasteiger partial charge in [0.25, 0.3) is 5.69 Å². The molecule has 4 rings (SSSR count). The van der Waals surface area contributed by atoms with E-state index in [2.05, 4.69) is 15.7 Å². The van der Waals surface area contributed by atoms with Gasteiger partial charge in [-0.15, -0.1) is 0 Å². The number of hydrogen-bond acceptors (Lipinski definition) is 6. The topological polar surface area (TPSA) is 112 Å². The molecule has 4 aromatic rings. The van der Waals surface area contributed by atoms with Gasteiger partial charge in [-0.3, -0.25) is 23.9 Å². The van der Waals surface area contributed by atoms with Crippen molar-refractivity contribution in [2.45, 2.75) is 19.9 Å². The second-order valence-corrected chi connectivity index (χ2v) is 8.23. The van der Waals surface area contributed by atoms with Crippen LogP contribution in [0.5, 0.6) is 0 Å². The molecule has 2 aromatic heterocycles. The lowest BCUT2D eigenvalue weighted by Gasteiger charge is -2.15. The summed E-state index contributed by atoms with van der Waals surface area (Å²) in [5.41, 5.74) is 2.53. The molecule has 0 bridgehead atoms. The number of nitrogens with zero attached hydrogens (tertiary/aromatic N) is 5. The molecule has 172 valence electrons. The molecule has 0 fully saturated rings. The Hall–Kier alpha value is -4.15. The van der Waals surface area contributed by atoms with Crippen LogP contribution in [0, 0.1) is 15.9 Å². The van der Waals surface area contributed by atoms with Crippen LogP contribution in [-0.2, 0) is 21.1 Å². The van der Waals surface area contributed by atoms with Crippen LogP contribution in [0.25, 0.3) is 22.2 Å². The van der Waals surface area contributed by atoms with Gasteiger partial charge in [0.05, 0.1) is 27.8 Å². The summed E-state index contributed by atoms with van der Waals surface area (Å²) >= 11 is 0. The van der Waals surface area contributed by atoms with Gasteiger partial charge in [-0.1, -0.05) is 0 Å². The maximum atomic E-state index is 15.0. The van der Waals surface area contributed by atoms with Crippen molar-refractivity contribution in [3.8, 4) is 11.1 Å². The highest BCUT2D eigenvalue weighted by Gasteiger charge is 2.22. The zero-order chi connectivity index (χ0) is 24.0. The SMILES string of the molecule is CC(C)Nc1cc(Nc2cc(F)c(-c3cnn(C)c3)cc2[N+](=O)[O-])cc2c1n(C)c(=O)n2C. The molecule has 0 atom stereocenters. The molecular formula is C22H24FN7O3. The van der Waals surface area contributed by atoms with Gasteiger partial charge in [0.2, 0.25) is 0 Å². The van der Waals surface area contributed by atoms with Crippen LogP contribution in [0.1, 0.15) is 13.8 Å². The van der Waals surface area contributed by atoms with Gasteiger partial charge in [-0.05, 0) is 26.0 Å². The van der Waals surface area contributed by atoms with Gasteiger partial charge < -0.3 is 10.6 Å². The first-order chi connectivity index (χ1) is 15.6. The molecular weight excluding hydrogens is 429 g/mol. The Bertz CT molecular complexity index is 1450. The van der Waals surface area contributed by atoms with Gasteiger partial charge in [0.15, 0.2) is 0 Å². The molecule has 11 heteroatoms. The van der Waals surface area contributed by atoms with Gasteiger partial charge in [0.1, 0.15) is 11.5 Å². The molecule has 2 N–H and O–H groups in total. The van der Waals surface area contributed by atoms with Crippen LogP contribution in [0.3, 0.4) is 0 Å². The highest BCUT2D eigenvalue weighted by molar-refractivity contribution is 5.94. The number of nitro groups is 1. The number of hydrogen-bond donors (Lipinski definition) is 2. The van der Waals surface area contributed by atoms with E-state index in [4.69, 9.17) is 0 Å². The summed E-state index contributed by atoms with van der Waals surface area (Å²) in [4.78, 5) is 23.7. The van der Waals surface area contributed by atoms with E-state index in [-0.39, 0.29) is 28.7 Å². The number of imidazole rings is 1. The van der Waals surface area contributed by atoms with Crippen molar-refractivity contribution >= 4 is 33.8 Å². The first-order valence-corrected chi connectivity index (χ1v) is 10.3. The maximum absolute atomic E-state index is 15.0. The first-order valence-electron chi connectivity index (χ1n) is 10.3. The molecule has 0 amide bonds. The molecule has 0 saturated carbocycles. The highest BCUT2D eigenvalue weighted by Crippen LogP contribution is 2.36. The third-order valence-electron chi connectivity index (χ3n) is 5.38. The number of nitrogens with one attached hydrogen (secondary N) is 2. The standard InChI is InChI=1S/C22H24FN7O3/c1-12(2)25-18-6-14(7-20-21(18)29(5)22(31)28(20)4)26-17-9-16(23)15(8-19(17)30(32)33)13-10-24-27(3)11-13/h6-12,25-26H,1-5H3. The van der Waals surface area contributed by atoms with E-state index >= 15 is 0 Å². The molecule has 0 unspecified atom stereocenters. The fraction of sp³-hybridized carbons (Fsp3) is 0.273. The van der Waals surface area contributed by atoms with E-state index in [1.807, 2.05) is 13.8 Å². The van der Waals surface area contributed by atoms with Crippen LogP contribution in [0.4, 0.5) is 27.1 Å². The van der Waals surface area contributed by atoms with Crippen LogP contribution in [0.2, 0.25) is 0 Å². The number of anilines is 3. The van der Waals surface area contributed by atoms with Crippen molar-refractivity contribution in [3.63, 3.8) is 0 Å². The van der Waals surface area contributed by atoms with Crippen LogP contribution >= 0.6 is 0 Å². The molecule has 0 aliphatic carbocycles. The van der Waals surface area contributed by atoms with Crippen LogP contribution in [0.15, 0.2) is 41.5 Å². The quantitative estimate of drug-likeness (QED) is 0.338. The van der Waals surface area contributed by atoms with Crippen LogP contribution < -0.4 is 16.3 Å². The molecule has 10 nitrogen and oxygen atoms in total. The predicted octanol–water partition coefficient (Wildman–Crippen LogP) is 3.89. The Morgan fingerprint density at radius 3 is 2.42 bits per heavy atom. The van der Waals surface area contributed by atoms with Gasteiger partial charge >= 0.3 is 5.69 Å². The van der Waals surface area contributed by atoms with Crippen LogP contribution in [-0.4, -0.2) is 29.9 Å². The molecule has 0 saturated heterocycles. The summed E-state index contributed by atoms with van der Waals surface area (Å²) in [7, 11) is 5.01. The number of nitro benzene ring substituents is 1. The zero-order valence-corrected chi connectivity index (χ0v) is 18.9. The lowest BCUT2D eigenvalue weighted by molar-refractivity contribution is -0.383. The van der Waals surface area contributed by atoms with E-state index in [0.29, 0.717) is 28.0 Å². The number of aromatic nitrogens is 4. The molecule has 33 heavy (non-hydrogen) atoms. The minimum absolute atomic E-state index is 0.000850. The fourth-order valence-electron chi connectivity index (χ4n) is 3.89. The Kier molecular flexibility index (Phi) is 5.40. The maximum Gasteiger partial charge on any atom is 0.328 e. The minimum Gasteiger partial charge on any atom is -0.381 e. The summed E-state index contributed by atoms with van der Waals surface area (Å²) in [6.45, 7) is 3.93. The molecule has 2 aromatic carbocycles. The second-order valence-electron chi connectivity index (χ2n) is 8.23. The lowest BCUT2D eigenvalue weighted by atomic mass is 10.1. The van der Waals surface area contributed by atoms with E-state index in [0.717, 1.165) is 6.07 Å². The Morgan fingerprint density at radius 1 is 1.09 bits per heavy atom. The highest BCUT2D eigenvalue weighted by atomic mass is 19.1. The largest absolute Gasteiger partial charge is 0.381 e. The normalized spacial score (nSPS) is 11.4. The van der Waals surface area contributed by atoms with E-state index in [1.165, 1.54) is 26.1 Å². The van der Waals surface area contributed by atoms with Crippen molar-refractivity contribution < 1.29 is 9.31 Å². The second kappa shape index (κ2) is 8.08. The molecule has 0 spiro atoms. The third kappa shape index (κ3) is 3.93. The number of benzene rings is 2. The summed E-state index contributed by atoms with van der Waals surface area (Å²) in [6, 6.07) is 5.82. The molecule has 0 radical (unpaired) electrons. The Labute approximate surface area is 188 Å². The smallest absolute Gasteiger partial charge is 0.328 e. The van der Waals surface area contributed by atoms with Crippen molar-refractivity contribution in [2.75, 3.05) is 10.6 Å². The van der Waals surface area contributed by atoms with E-state index in [1.54, 1.807) is 39.5 Å². The van der Waals surface area contributed by atoms with Crippen molar-refractivity contribution in [1.82, 2.24) is 18.9 Å². The van der Waals surface area contributed by atoms with E-state index < -0.39 is 10.7 Å². The average Bonchev–Trinajstić information content (AvgIpc) is 3.25. The van der Waals surface area contributed by atoms with Crippen molar-refractivity contribution in [2.24, 2.45) is 21.1 Å². The first kappa shape index (κ1) is 22.1. The third-order valence-corrected chi connectivity index (χ3v) is 5.38. The summed E-state index contributed by atoms with van der Waals surface area (Å²) < 4.78 is 19.5. The van der Waals surface area contributed by atoms with E-state index in [9.17, 15) is 19.3 Å². The van der Waals surface area contributed by atoms with Gasteiger partial charge in [-0.2, -0.15) is 5.10 Å². The number of fused-ring (bicyclic) bond motifs is 1. The van der Waals surface area contributed by atoms with Gasteiger partial charge in [-0.25, -0.2) is 9.18 Å². The molecule has 0 aliphatic rings. The molecule has 2 heterocycles. The van der Waals surface area contributed by atoms with Crippen molar-refractivity contribution in [1.29, 1.82) is 0 Å². The average molecular weight is 453 g/mol. The summed E-state index contributed by atoms with van der Waals surface area (Å²) in [5, 5.41) is 22.1. The summed E-state index contributed by atoms with van der Waals surface area (Å²) in [5.74, 6) is -0.621. The summed E-state index contributed by atoms with van der Waals surface area (Å²) in [6.07, 6.45) is 3.03. The van der Waals surface area contributed by atoms with Gasteiger partial charge in [0, 0.05) is 62.3 Å². The lowest BCUT2D eigenvalue weighted by Crippen LogP contribution is -2.19. The zero-order valence-electron chi connectivity index (χ0n) is 18.9. The number of rotatable bonds is 6. The van der Waals surface area contributed by atoms with Crippen molar-refractivity contribution in [3.05, 3.63) is 63.1 Å².